The number of rotatable bonds is 3. The maximum Gasteiger partial charge on any atom is 0.245 e. The predicted molar refractivity (Wildman–Crippen MR) is 60.3 cm³/mol. The first-order valence-corrected chi connectivity index (χ1v) is 5.16. The molecule has 0 aliphatic rings. The summed E-state index contributed by atoms with van der Waals surface area (Å²) < 4.78 is 4.92. The van der Waals surface area contributed by atoms with Crippen molar-refractivity contribution in [2.24, 2.45) is 0 Å². The topological polar surface area (TPSA) is 87.6 Å². The number of nitrogens with zero attached hydrogens (tertiary/aromatic N) is 4. The van der Waals surface area contributed by atoms with Gasteiger partial charge in [-0.3, -0.25) is 0 Å². The predicted octanol–water partition coefficient (Wildman–Crippen LogP) is 1.91. The van der Waals surface area contributed by atoms with E-state index in [-0.39, 0.29) is 5.02 Å². The number of nitriles is 1. The second kappa shape index (κ2) is 4.80. The summed E-state index contributed by atoms with van der Waals surface area (Å²) in [6.45, 7) is 2.04. The fourth-order valence-electron chi connectivity index (χ4n) is 1.22. The molecule has 0 unspecified atom stereocenters. The molecule has 0 aromatic carbocycles. The molecule has 86 valence electrons. The van der Waals surface area contributed by atoms with Gasteiger partial charge >= 0.3 is 0 Å². The second-order valence-electron chi connectivity index (χ2n) is 3.22. The van der Waals surface area contributed by atoms with Crippen LogP contribution in [0.5, 0.6) is 0 Å². The van der Waals surface area contributed by atoms with E-state index in [1.807, 2.05) is 6.07 Å². The molecule has 2 rings (SSSR count). The van der Waals surface area contributed by atoms with Crippen molar-refractivity contribution in [3.05, 3.63) is 34.6 Å². The molecule has 1 N–H and O–H groups in total. The number of anilines is 1. The highest BCUT2D eigenvalue weighted by atomic mass is 35.5. The number of pyridine rings is 1. The highest BCUT2D eigenvalue weighted by Crippen LogP contribution is 2.22. The summed E-state index contributed by atoms with van der Waals surface area (Å²) in [5.41, 5.74) is 0.367. The van der Waals surface area contributed by atoms with Crippen LogP contribution in [-0.4, -0.2) is 15.1 Å². The summed E-state index contributed by atoms with van der Waals surface area (Å²) in [6, 6.07) is 3.52. The van der Waals surface area contributed by atoms with Crippen molar-refractivity contribution >= 4 is 17.4 Å². The summed E-state index contributed by atoms with van der Waals surface area (Å²) in [6.07, 6.45) is 1.51. The highest BCUT2D eigenvalue weighted by molar-refractivity contribution is 6.34. The summed E-state index contributed by atoms with van der Waals surface area (Å²) >= 11 is 5.97. The Balaban J connectivity index is 2.12. The molecule has 0 saturated carbocycles. The Morgan fingerprint density at radius 1 is 1.59 bits per heavy atom. The molecular formula is C10H8ClN5O. The van der Waals surface area contributed by atoms with Gasteiger partial charge in [-0.25, -0.2) is 4.98 Å². The Kier molecular flexibility index (Phi) is 3.21. The van der Waals surface area contributed by atoms with Gasteiger partial charge in [0.05, 0.1) is 12.1 Å². The van der Waals surface area contributed by atoms with E-state index in [0.29, 0.717) is 29.6 Å². The third kappa shape index (κ3) is 2.52. The molecule has 2 heterocycles. The van der Waals surface area contributed by atoms with Crippen LogP contribution in [0.1, 0.15) is 17.3 Å². The van der Waals surface area contributed by atoms with E-state index >= 15 is 0 Å². The Morgan fingerprint density at radius 2 is 2.41 bits per heavy atom. The summed E-state index contributed by atoms with van der Waals surface area (Å²) in [7, 11) is 0. The smallest absolute Gasteiger partial charge is 0.245 e. The molecule has 0 radical (unpaired) electrons. The molecule has 7 heteroatoms. The molecular weight excluding hydrogens is 242 g/mol. The normalized spacial score (nSPS) is 9.94. The average Bonchev–Trinajstić information content (AvgIpc) is 2.74. The number of aromatic nitrogens is 3. The lowest BCUT2D eigenvalue weighted by atomic mass is 10.3. The van der Waals surface area contributed by atoms with Gasteiger partial charge in [0.2, 0.25) is 5.89 Å². The molecule has 0 bridgehead atoms. The van der Waals surface area contributed by atoms with Crippen molar-refractivity contribution in [3.8, 4) is 6.07 Å². The van der Waals surface area contributed by atoms with E-state index in [1.165, 1.54) is 6.20 Å². The van der Waals surface area contributed by atoms with Gasteiger partial charge in [0, 0.05) is 6.20 Å². The van der Waals surface area contributed by atoms with Crippen LogP contribution in [0.2, 0.25) is 5.02 Å². The van der Waals surface area contributed by atoms with Gasteiger partial charge in [0.15, 0.2) is 5.82 Å². The van der Waals surface area contributed by atoms with Crippen molar-refractivity contribution in [1.29, 1.82) is 5.26 Å². The van der Waals surface area contributed by atoms with Crippen LogP contribution in [0.3, 0.4) is 0 Å². The minimum absolute atomic E-state index is 0.284. The lowest BCUT2D eigenvalue weighted by molar-refractivity contribution is 0.379. The van der Waals surface area contributed by atoms with Gasteiger partial charge in [0.1, 0.15) is 16.9 Å². The van der Waals surface area contributed by atoms with E-state index in [9.17, 15) is 0 Å². The van der Waals surface area contributed by atoms with Crippen molar-refractivity contribution in [3.63, 3.8) is 0 Å². The molecule has 6 nitrogen and oxygen atoms in total. The Morgan fingerprint density at radius 3 is 3.06 bits per heavy atom. The van der Waals surface area contributed by atoms with Gasteiger partial charge < -0.3 is 9.84 Å². The van der Waals surface area contributed by atoms with Crippen LogP contribution in [-0.2, 0) is 6.54 Å². The number of nitrogens with one attached hydrogen (secondary N) is 1. The van der Waals surface area contributed by atoms with Crippen molar-refractivity contribution in [2.45, 2.75) is 13.5 Å². The fraction of sp³-hybridized carbons (Fsp3) is 0.200. The van der Waals surface area contributed by atoms with Crippen molar-refractivity contribution in [1.82, 2.24) is 15.1 Å². The lowest BCUT2D eigenvalue weighted by Gasteiger charge is -2.04. The van der Waals surface area contributed by atoms with E-state index < -0.39 is 0 Å². The SMILES string of the molecule is Cc1noc(CNc2nccc(C#N)c2Cl)n1. The van der Waals surface area contributed by atoms with Crippen molar-refractivity contribution in [2.75, 3.05) is 5.32 Å². The van der Waals surface area contributed by atoms with Crippen LogP contribution in [0.25, 0.3) is 0 Å². The van der Waals surface area contributed by atoms with Crippen LogP contribution in [0.4, 0.5) is 5.82 Å². The van der Waals surface area contributed by atoms with E-state index in [4.69, 9.17) is 21.4 Å². The first-order chi connectivity index (χ1) is 8.20. The van der Waals surface area contributed by atoms with Crippen LogP contribution in [0.15, 0.2) is 16.8 Å². The number of halogens is 1. The minimum atomic E-state index is 0.284. The van der Waals surface area contributed by atoms with Crippen molar-refractivity contribution < 1.29 is 4.52 Å². The molecule has 0 saturated heterocycles. The molecule has 0 aliphatic carbocycles. The van der Waals surface area contributed by atoms with E-state index in [0.717, 1.165) is 0 Å². The maximum atomic E-state index is 8.80. The number of hydrogen-bond donors (Lipinski definition) is 1. The molecule has 0 spiro atoms. The Bertz CT molecular complexity index is 574. The Labute approximate surface area is 102 Å². The van der Waals surface area contributed by atoms with Crippen LogP contribution < -0.4 is 5.32 Å². The van der Waals surface area contributed by atoms with E-state index in [2.05, 4.69) is 20.4 Å². The van der Waals surface area contributed by atoms with Gasteiger partial charge in [-0.05, 0) is 13.0 Å². The van der Waals surface area contributed by atoms with Crippen LogP contribution >= 0.6 is 11.6 Å². The monoisotopic (exact) mass is 249 g/mol. The zero-order valence-electron chi connectivity index (χ0n) is 8.94. The van der Waals surface area contributed by atoms with E-state index in [1.54, 1.807) is 13.0 Å². The molecule has 0 amide bonds. The quantitative estimate of drug-likeness (QED) is 0.894. The third-order valence-electron chi connectivity index (χ3n) is 1.99. The first-order valence-electron chi connectivity index (χ1n) is 4.78. The summed E-state index contributed by atoms with van der Waals surface area (Å²) in [4.78, 5) is 8.05. The second-order valence-corrected chi connectivity index (χ2v) is 3.60. The maximum absolute atomic E-state index is 8.80. The minimum Gasteiger partial charge on any atom is -0.360 e. The standard InChI is InChI=1S/C10H8ClN5O/c1-6-15-8(17-16-6)5-14-10-9(11)7(4-12)2-3-13-10/h2-3H,5H2,1H3,(H,13,14). The van der Waals surface area contributed by atoms with Gasteiger partial charge in [-0.1, -0.05) is 16.8 Å². The van der Waals surface area contributed by atoms with Crippen LogP contribution in [0, 0.1) is 18.3 Å². The summed E-state index contributed by atoms with van der Waals surface area (Å²) in [5, 5.41) is 15.7. The average molecular weight is 250 g/mol. The first kappa shape index (κ1) is 11.4. The molecule has 0 aliphatic heterocycles. The molecule has 2 aromatic rings. The largest absolute Gasteiger partial charge is 0.360 e. The zero-order chi connectivity index (χ0) is 12.3. The molecule has 2 aromatic heterocycles. The van der Waals surface area contributed by atoms with Gasteiger partial charge in [-0.2, -0.15) is 10.2 Å². The van der Waals surface area contributed by atoms with Gasteiger partial charge in [-0.15, -0.1) is 0 Å². The Hall–Kier alpha value is -2.13. The fourth-order valence-corrected chi connectivity index (χ4v) is 1.45. The third-order valence-corrected chi connectivity index (χ3v) is 2.37. The number of aryl methyl sites for hydroxylation is 1. The molecule has 17 heavy (non-hydrogen) atoms. The summed E-state index contributed by atoms with van der Waals surface area (Å²) in [5.74, 6) is 1.41. The highest BCUT2D eigenvalue weighted by Gasteiger charge is 2.08. The molecule has 0 fully saturated rings. The molecule has 0 atom stereocenters. The zero-order valence-corrected chi connectivity index (χ0v) is 9.69. The lowest BCUT2D eigenvalue weighted by Crippen LogP contribution is -2.03. The number of hydrogen-bond acceptors (Lipinski definition) is 6. The van der Waals surface area contributed by atoms with Gasteiger partial charge in [0.25, 0.3) is 0 Å².